The molecule has 6 heteroatoms. The summed E-state index contributed by atoms with van der Waals surface area (Å²) in [6.45, 7) is 1.02. The van der Waals surface area contributed by atoms with Gasteiger partial charge in [-0.25, -0.2) is 4.79 Å². The Bertz CT molecular complexity index is 824. The zero-order chi connectivity index (χ0) is 18.9. The molecule has 0 atom stereocenters. The Balaban J connectivity index is 2.05. The van der Waals surface area contributed by atoms with E-state index in [0.717, 1.165) is 11.3 Å². The third-order valence-electron chi connectivity index (χ3n) is 3.35. The van der Waals surface area contributed by atoms with E-state index >= 15 is 0 Å². The van der Waals surface area contributed by atoms with Crippen LogP contribution in [-0.4, -0.2) is 31.4 Å². The van der Waals surface area contributed by atoms with Gasteiger partial charge in [0.25, 0.3) is 0 Å². The van der Waals surface area contributed by atoms with Crippen molar-refractivity contribution in [1.29, 1.82) is 0 Å². The molecular formula is C20H19NO5. The summed E-state index contributed by atoms with van der Waals surface area (Å²) in [6.07, 6.45) is 3.00. The Labute approximate surface area is 151 Å². The van der Waals surface area contributed by atoms with Gasteiger partial charge in [0.2, 0.25) is 5.91 Å². The molecule has 134 valence electrons. The Morgan fingerprint density at radius 2 is 1.73 bits per heavy atom. The molecule has 0 unspecified atom stereocenters. The molecule has 0 heterocycles. The average Bonchev–Trinajstić information content (AvgIpc) is 2.65. The Morgan fingerprint density at radius 3 is 2.38 bits per heavy atom. The van der Waals surface area contributed by atoms with E-state index in [-0.39, 0.29) is 18.0 Å². The highest BCUT2D eigenvalue weighted by atomic mass is 16.5. The van der Waals surface area contributed by atoms with Crippen LogP contribution in [-0.2, 0) is 14.3 Å². The maximum atomic E-state index is 12.1. The summed E-state index contributed by atoms with van der Waals surface area (Å²) in [5, 5.41) is 2.64. The van der Waals surface area contributed by atoms with Crippen LogP contribution in [0.4, 0.5) is 5.69 Å². The summed E-state index contributed by atoms with van der Waals surface area (Å²) in [5.74, 6) is -0.602. The van der Waals surface area contributed by atoms with E-state index in [2.05, 4.69) is 5.32 Å². The van der Waals surface area contributed by atoms with Gasteiger partial charge in [-0.1, -0.05) is 24.3 Å². The molecule has 0 fully saturated rings. The molecule has 0 saturated carbocycles. The Hall–Kier alpha value is -3.41. The Morgan fingerprint density at radius 1 is 1.04 bits per heavy atom. The maximum Gasteiger partial charge on any atom is 0.340 e. The van der Waals surface area contributed by atoms with Gasteiger partial charge in [0.1, 0.15) is 12.4 Å². The van der Waals surface area contributed by atoms with Crippen molar-refractivity contribution in [2.75, 3.05) is 19.0 Å². The van der Waals surface area contributed by atoms with E-state index < -0.39 is 11.9 Å². The minimum atomic E-state index is -0.671. The van der Waals surface area contributed by atoms with Gasteiger partial charge in [0, 0.05) is 6.08 Å². The number of methoxy groups -OCH3 is 1. The summed E-state index contributed by atoms with van der Waals surface area (Å²) in [5.41, 5.74) is 1.32. The second-order valence-corrected chi connectivity index (χ2v) is 5.42. The minimum absolute atomic E-state index is 0.181. The molecule has 2 aromatic carbocycles. The number of benzene rings is 2. The van der Waals surface area contributed by atoms with Crippen LogP contribution < -0.4 is 10.1 Å². The lowest BCUT2D eigenvalue weighted by atomic mass is 10.1. The smallest absolute Gasteiger partial charge is 0.340 e. The molecule has 1 N–H and O–H groups in total. The topological polar surface area (TPSA) is 81.7 Å². The van der Waals surface area contributed by atoms with Gasteiger partial charge < -0.3 is 14.8 Å². The van der Waals surface area contributed by atoms with Crippen LogP contribution in [0.5, 0.6) is 5.75 Å². The van der Waals surface area contributed by atoms with E-state index in [0.29, 0.717) is 5.69 Å². The SMILES string of the molecule is COc1ccc(/C=C/C(=O)Nc2ccccc2C(=O)OCC(C)=O)cc1. The van der Waals surface area contributed by atoms with Crippen LogP contribution in [0.15, 0.2) is 54.6 Å². The summed E-state index contributed by atoms with van der Waals surface area (Å²) >= 11 is 0. The first-order valence-corrected chi connectivity index (χ1v) is 7.88. The molecule has 0 saturated heterocycles. The highest BCUT2D eigenvalue weighted by Crippen LogP contribution is 2.17. The fourth-order valence-corrected chi connectivity index (χ4v) is 2.08. The standard InChI is InChI=1S/C20H19NO5/c1-14(22)13-26-20(24)17-5-3-4-6-18(17)21-19(23)12-9-15-7-10-16(25-2)11-8-15/h3-12H,13H2,1-2H3,(H,21,23)/b12-9+. The number of carbonyl (C=O) groups excluding carboxylic acids is 3. The van der Waals surface area contributed by atoms with Crippen molar-refractivity contribution in [3.8, 4) is 5.75 Å². The largest absolute Gasteiger partial charge is 0.497 e. The summed E-state index contributed by atoms with van der Waals surface area (Å²) < 4.78 is 9.97. The second-order valence-electron chi connectivity index (χ2n) is 5.42. The summed E-state index contributed by atoms with van der Waals surface area (Å²) in [6, 6.07) is 13.6. The molecule has 0 aliphatic carbocycles. The van der Waals surface area contributed by atoms with Gasteiger partial charge in [-0.2, -0.15) is 0 Å². The number of amides is 1. The number of hydrogen-bond acceptors (Lipinski definition) is 5. The van der Waals surface area contributed by atoms with Crippen molar-refractivity contribution in [2.24, 2.45) is 0 Å². The quantitative estimate of drug-likeness (QED) is 0.611. The zero-order valence-electron chi connectivity index (χ0n) is 14.5. The van der Waals surface area contributed by atoms with E-state index in [1.165, 1.54) is 19.1 Å². The molecule has 6 nitrogen and oxygen atoms in total. The van der Waals surface area contributed by atoms with Crippen molar-refractivity contribution in [2.45, 2.75) is 6.92 Å². The van der Waals surface area contributed by atoms with Gasteiger partial charge in [-0.3, -0.25) is 9.59 Å². The van der Waals surface area contributed by atoms with Crippen molar-refractivity contribution in [1.82, 2.24) is 0 Å². The maximum absolute atomic E-state index is 12.1. The van der Waals surface area contributed by atoms with Gasteiger partial charge in [0.15, 0.2) is 5.78 Å². The number of esters is 1. The number of para-hydroxylation sites is 1. The van der Waals surface area contributed by atoms with Gasteiger partial charge in [-0.05, 0) is 42.8 Å². The van der Waals surface area contributed by atoms with Crippen LogP contribution in [0.25, 0.3) is 6.08 Å². The fraction of sp³-hybridized carbons (Fsp3) is 0.150. The van der Waals surface area contributed by atoms with Gasteiger partial charge in [0.05, 0.1) is 18.4 Å². The lowest BCUT2D eigenvalue weighted by molar-refractivity contribution is -0.120. The monoisotopic (exact) mass is 353 g/mol. The van der Waals surface area contributed by atoms with Crippen LogP contribution in [0.1, 0.15) is 22.8 Å². The fourth-order valence-electron chi connectivity index (χ4n) is 2.08. The number of anilines is 1. The average molecular weight is 353 g/mol. The van der Waals surface area contributed by atoms with E-state index in [1.54, 1.807) is 43.5 Å². The minimum Gasteiger partial charge on any atom is -0.497 e. The number of rotatable bonds is 7. The molecule has 0 aliphatic heterocycles. The van der Waals surface area contributed by atoms with Crippen LogP contribution >= 0.6 is 0 Å². The molecule has 2 aromatic rings. The lowest BCUT2D eigenvalue weighted by Crippen LogP contribution is -2.15. The molecule has 0 spiro atoms. The van der Waals surface area contributed by atoms with Crippen molar-refractivity contribution < 1.29 is 23.9 Å². The predicted molar refractivity (Wildman–Crippen MR) is 98.1 cm³/mol. The second kappa shape index (κ2) is 9.17. The van der Waals surface area contributed by atoms with E-state index in [4.69, 9.17) is 9.47 Å². The molecule has 2 rings (SSSR count). The van der Waals surface area contributed by atoms with Crippen LogP contribution in [0.3, 0.4) is 0 Å². The molecule has 0 aromatic heterocycles. The molecule has 26 heavy (non-hydrogen) atoms. The number of ether oxygens (including phenoxy) is 2. The zero-order valence-corrected chi connectivity index (χ0v) is 14.5. The van der Waals surface area contributed by atoms with E-state index in [9.17, 15) is 14.4 Å². The number of nitrogens with one attached hydrogen (secondary N) is 1. The molecule has 0 aliphatic rings. The predicted octanol–water partition coefficient (Wildman–Crippen LogP) is 3.09. The van der Waals surface area contributed by atoms with Crippen molar-refractivity contribution in [3.05, 3.63) is 65.7 Å². The number of carbonyl (C=O) groups is 3. The first kappa shape index (κ1) is 18.9. The third-order valence-corrected chi connectivity index (χ3v) is 3.35. The third kappa shape index (κ3) is 5.59. The normalized spacial score (nSPS) is 10.4. The number of hydrogen-bond donors (Lipinski definition) is 1. The molecule has 1 amide bonds. The molecule has 0 radical (unpaired) electrons. The van der Waals surface area contributed by atoms with Crippen LogP contribution in [0, 0.1) is 0 Å². The number of Topliss-reactive ketones (excluding diaryl/α,β-unsaturated/α-hetero) is 1. The highest BCUT2D eigenvalue weighted by molar-refractivity contribution is 6.06. The number of ketones is 1. The summed E-state index contributed by atoms with van der Waals surface area (Å²) in [4.78, 5) is 35.1. The first-order chi connectivity index (χ1) is 12.5. The van der Waals surface area contributed by atoms with E-state index in [1.807, 2.05) is 12.1 Å². The first-order valence-electron chi connectivity index (χ1n) is 7.88. The summed E-state index contributed by atoms with van der Waals surface area (Å²) in [7, 11) is 1.58. The van der Waals surface area contributed by atoms with Crippen molar-refractivity contribution in [3.63, 3.8) is 0 Å². The van der Waals surface area contributed by atoms with Crippen molar-refractivity contribution >= 4 is 29.4 Å². The highest BCUT2D eigenvalue weighted by Gasteiger charge is 2.14. The Kier molecular flexibility index (Phi) is 6.68. The van der Waals surface area contributed by atoms with Gasteiger partial charge in [-0.15, -0.1) is 0 Å². The lowest BCUT2D eigenvalue weighted by Gasteiger charge is -2.09. The molecular weight excluding hydrogens is 334 g/mol. The van der Waals surface area contributed by atoms with Gasteiger partial charge >= 0.3 is 5.97 Å². The van der Waals surface area contributed by atoms with Crippen LogP contribution in [0.2, 0.25) is 0 Å². The molecule has 0 bridgehead atoms.